The Kier molecular flexibility index (Phi) is 4.33. The van der Waals surface area contributed by atoms with Crippen molar-refractivity contribution in [1.82, 2.24) is 9.88 Å². The number of benzene rings is 1. The molecule has 2 heterocycles. The van der Waals surface area contributed by atoms with Gasteiger partial charge in [0, 0.05) is 43.8 Å². The lowest BCUT2D eigenvalue weighted by Gasteiger charge is -2.34. The number of halogens is 1. The molecule has 0 bridgehead atoms. The van der Waals surface area contributed by atoms with Crippen LogP contribution in [0, 0.1) is 0 Å². The Morgan fingerprint density at radius 3 is 2.81 bits per heavy atom. The Morgan fingerprint density at radius 1 is 1.33 bits per heavy atom. The van der Waals surface area contributed by atoms with Gasteiger partial charge in [-0.2, -0.15) is 4.98 Å². The summed E-state index contributed by atoms with van der Waals surface area (Å²) >= 11 is 5.98. The second kappa shape index (κ2) is 6.22. The van der Waals surface area contributed by atoms with E-state index < -0.39 is 0 Å². The fraction of sp³-hybridized carbons (Fsp3) is 0.533. The first-order valence-corrected chi connectivity index (χ1v) is 7.82. The number of nitrogens with two attached hydrogens (primary N) is 1. The molecule has 5 nitrogen and oxygen atoms in total. The first-order chi connectivity index (χ1) is 10.2. The summed E-state index contributed by atoms with van der Waals surface area (Å²) in [6, 6.07) is 6.48. The summed E-state index contributed by atoms with van der Waals surface area (Å²) in [6.45, 7) is 6.91. The van der Waals surface area contributed by atoms with E-state index in [9.17, 15) is 0 Å². The maximum absolute atomic E-state index is 6.02. The predicted molar refractivity (Wildman–Crippen MR) is 85.9 cm³/mol. The largest absolute Gasteiger partial charge is 0.423 e. The Hall–Kier alpha value is -1.30. The molecule has 1 fully saturated rings. The molecular weight excluding hydrogens is 288 g/mol. The first kappa shape index (κ1) is 14.6. The Balaban J connectivity index is 1.65. The molecule has 0 spiro atoms. The van der Waals surface area contributed by atoms with E-state index in [-0.39, 0.29) is 6.04 Å². The van der Waals surface area contributed by atoms with Crippen LogP contribution in [-0.2, 0) is 0 Å². The van der Waals surface area contributed by atoms with Gasteiger partial charge in [0.15, 0.2) is 5.58 Å². The molecule has 0 radical (unpaired) electrons. The first-order valence-electron chi connectivity index (χ1n) is 7.44. The average molecular weight is 309 g/mol. The average Bonchev–Trinajstić information content (AvgIpc) is 2.90. The van der Waals surface area contributed by atoms with E-state index in [1.807, 2.05) is 18.2 Å². The number of rotatable bonds is 4. The van der Waals surface area contributed by atoms with Crippen molar-refractivity contribution in [3.05, 3.63) is 23.2 Å². The standard InChI is InChI=1S/C15H21ClN4O/c1-2-12(17)10-19-5-7-20(8-6-19)15-18-13-9-11(16)3-4-14(13)21-15/h3-4,9,12H,2,5-8,10,17H2,1H3. The summed E-state index contributed by atoms with van der Waals surface area (Å²) < 4.78 is 5.81. The highest BCUT2D eigenvalue weighted by Gasteiger charge is 2.21. The maximum atomic E-state index is 6.02. The van der Waals surface area contributed by atoms with Crippen LogP contribution in [0.3, 0.4) is 0 Å². The SMILES string of the molecule is CCC(N)CN1CCN(c2nc3cc(Cl)ccc3o2)CC1. The Bertz CT molecular complexity index is 607. The van der Waals surface area contributed by atoms with Crippen LogP contribution in [0.15, 0.2) is 22.6 Å². The third kappa shape index (κ3) is 3.31. The Morgan fingerprint density at radius 2 is 2.10 bits per heavy atom. The molecule has 1 unspecified atom stereocenters. The van der Waals surface area contributed by atoms with Crippen molar-refractivity contribution in [2.45, 2.75) is 19.4 Å². The van der Waals surface area contributed by atoms with Crippen molar-refractivity contribution in [2.75, 3.05) is 37.6 Å². The predicted octanol–water partition coefficient (Wildman–Crippen LogP) is 2.34. The molecule has 21 heavy (non-hydrogen) atoms. The molecule has 0 aliphatic carbocycles. The molecule has 1 aromatic carbocycles. The molecule has 1 aromatic heterocycles. The van der Waals surface area contributed by atoms with Crippen LogP contribution >= 0.6 is 11.6 Å². The minimum absolute atomic E-state index is 0.267. The molecular formula is C15H21ClN4O. The van der Waals surface area contributed by atoms with Gasteiger partial charge < -0.3 is 15.1 Å². The maximum Gasteiger partial charge on any atom is 0.298 e. The fourth-order valence-electron chi connectivity index (χ4n) is 2.61. The molecule has 0 saturated carbocycles. The molecule has 1 saturated heterocycles. The van der Waals surface area contributed by atoms with Crippen molar-refractivity contribution in [1.29, 1.82) is 0 Å². The summed E-state index contributed by atoms with van der Waals surface area (Å²) in [5, 5.41) is 0.681. The van der Waals surface area contributed by atoms with Crippen LogP contribution < -0.4 is 10.6 Å². The van der Waals surface area contributed by atoms with Gasteiger partial charge in [-0.05, 0) is 24.6 Å². The number of fused-ring (bicyclic) bond motifs is 1. The van der Waals surface area contributed by atoms with Crippen molar-refractivity contribution < 1.29 is 4.42 Å². The van der Waals surface area contributed by atoms with Gasteiger partial charge in [0.1, 0.15) is 5.52 Å². The van der Waals surface area contributed by atoms with Crippen LogP contribution in [0.2, 0.25) is 5.02 Å². The normalized spacial score (nSPS) is 18.3. The van der Waals surface area contributed by atoms with Gasteiger partial charge in [-0.3, -0.25) is 4.90 Å². The smallest absolute Gasteiger partial charge is 0.298 e. The fourth-order valence-corrected chi connectivity index (χ4v) is 2.77. The summed E-state index contributed by atoms with van der Waals surface area (Å²) in [5.41, 5.74) is 7.61. The van der Waals surface area contributed by atoms with Crippen LogP contribution in [0.1, 0.15) is 13.3 Å². The molecule has 6 heteroatoms. The molecule has 0 amide bonds. The number of piperazine rings is 1. The zero-order valence-corrected chi connectivity index (χ0v) is 13.0. The molecule has 1 atom stereocenters. The Labute approximate surface area is 129 Å². The summed E-state index contributed by atoms with van der Waals surface area (Å²) in [6.07, 6.45) is 1.02. The van der Waals surface area contributed by atoms with E-state index in [2.05, 4.69) is 21.7 Å². The van der Waals surface area contributed by atoms with Gasteiger partial charge in [0.05, 0.1) is 0 Å². The molecule has 1 aliphatic heterocycles. The van der Waals surface area contributed by atoms with Crippen molar-refractivity contribution >= 4 is 28.7 Å². The number of oxazole rings is 1. The zero-order chi connectivity index (χ0) is 14.8. The van der Waals surface area contributed by atoms with Gasteiger partial charge in [-0.15, -0.1) is 0 Å². The highest BCUT2D eigenvalue weighted by molar-refractivity contribution is 6.31. The third-order valence-corrected chi connectivity index (χ3v) is 4.23. The molecule has 3 rings (SSSR count). The van der Waals surface area contributed by atoms with Crippen molar-refractivity contribution in [3.8, 4) is 0 Å². The summed E-state index contributed by atoms with van der Waals surface area (Å²) in [5.74, 6) is 0. The third-order valence-electron chi connectivity index (χ3n) is 4.00. The van der Waals surface area contributed by atoms with E-state index in [0.29, 0.717) is 11.0 Å². The number of aromatic nitrogens is 1. The monoisotopic (exact) mass is 308 g/mol. The molecule has 2 aromatic rings. The van der Waals surface area contributed by atoms with E-state index in [1.165, 1.54) is 0 Å². The second-order valence-corrected chi connectivity index (χ2v) is 6.00. The van der Waals surface area contributed by atoms with Crippen LogP contribution in [0.5, 0.6) is 0 Å². The van der Waals surface area contributed by atoms with E-state index in [1.54, 1.807) is 0 Å². The van der Waals surface area contributed by atoms with Crippen LogP contribution in [0.4, 0.5) is 6.01 Å². The van der Waals surface area contributed by atoms with Gasteiger partial charge in [-0.25, -0.2) is 0 Å². The van der Waals surface area contributed by atoms with E-state index >= 15 is 0 Å². The number of anilines is 1. The molecule has 1 aliphatic rings. The number of nitrogens with zero attached hydrogens (tertiary/aromatic N) is 3. The van der Waals surface area contributed by atoms with E-state index in [4.69, 9.17) is 21.8 Å². The highest BCUT2D eigenvalue weighted by Crippen LogP contribution is 2.25. The lowest BCUT2D eigenvalue weighted by Crippen LogP contribution is -2.49. The minimum Gasteiger partial charge on any atom is -0.423 e. The van der Waals surface area contributed by atoms with Gasteiger partial charge >= 0.3 is 0 Å². The zero-order valence-electron chi connectivity index (χ0n) is 12.3. The van der Waals surface area contributed by atoms with Crippen LogP contribution in [0.25, 0.3) is 11.1 Å². The molecule has 2 N–H and O–H groups in total. The topological polar surface area (TPSA) is 58.5 Å². The lowest BCUT2D eigenvalue weighted by molar-refractivity contribution is 0.237. The van der Waals surface area contributed by atoms with E-state index in [0.717, 1.165) is 50.2 Å². The number of hydrogen-bond donors (Lipinski definition) is 1. The molecule has 114 valence electrons. The second-order valence-electron chi connectivity index (χ2n) is 5.56. The van der Waals surface area contributed by atoms with Crippen LogP contribution in [-0.4, -0.2) is 48.6 Å². The number of hydrogen-bond acceptors (Lipinski definition) is 5. The van der Waals surface area contributed by atoms with Gasteiger partial charge in [0.2, 0.25) is 0 Å². The highest BCUT2D eigenvalue weighted by atomic mass is 35.5. The van der Waals surface area contributed by atoms with Crippen molar-refractivity contribution in [3.63, 3.8) is 0 Å². The van der Waals surface area contributed by atoms with Gasteiger partial charge in [0.25, 0.3) is 6.01 Å². The van der Waals surface area contributed by atoms with Crippen molar-refractivity contribution in [2.24, 2.45) is 5.73 Å². The van der Waals surface area contributed by atoms with Gasteiger partial charge in [-0.1, -0.05) is 18.5 Å². The summed E-state index contributed by atoms with van der Waals surface area (Å²) in [7, 11) is 0. The summed E-state index contributed by atoms with van der Waals surface area (Å²) in [4.78, 5) is 9.12. The minimum atomic E-state index is 0.267. The quantitative estimate of drug-likeness (QED) is 0.939. The lowest BCUT2D eigenvalue weighted by atomic mass is 10.2.